The van der Waals surface area contributed by atoms with Crippen molar-refractivity contribution in [1.82, 2.24) is 0 Å². The molecule has 3 atom stereocenters. The van der Waals surface area contributed by atoms with Crippen molar-refractivity contribution in [1.29, 1.82) is 5.26 Å². The van der Waals surface area contributed by atoms with Crippen LogP contribution < -0.4 is 0 Å². The van der Waals surface area contributed by atoms with Crippen molar-refractivity contribution < 1.29 is 4.74 Å². The fraction of sp³-hybridized carbons (Fsp3) is 0.562. The number of hydrogen-bond donors (Lipinski definition) is 0. The summed E-state index contributed by atoms with van der Waals surface area (Å²) in [4.78, 5) is 1.97. The Hall–Kier alpha value is -1.11. The number of nitriles is 1. The van der Waals surface area contributed by atoms with Crippen molar-refractivity contribution in [2.24, 2.45) is 11.8 Å². The highest BCUT2D eigenvalue weighted by Gasteiger charge is 2.45. The van der Waals surface area contributed by atoms with E-state index in [9.17, 15) is 0 Å². The summed E-state index contributed by atoms with van der Waals surface area (Å²) < 4.78 is 6.42. The third kappa shape index (κ3) is 2.13. The first-order chi connectivity index (χ1) is 9.01. The van der Waals surface area contributed by atoms with E-state index in [1.165, 1.54) is 16.9 Å². The van der Waals surface area contributed by atoms with Crippen molar-refractivity contribution in [3.05, 3.63) is 33.5 Å². The number of thiophene rings is 1. The molecular weight excluding hydrogens is 254 g/mol. The minimum atomic E-state index is -0.0742. The number of ether oxygens (including phenoxy) is 1. The Labute approximate surface area is 118 Å². The Bertz CT molecular complexity index is 564. The summed E-state index contributed by atoms with van der Waals surface area (Å²) in [6.07, 6.45) is 4.85. The van der Waals surface area contributed by atoms with Crippen LogP contribution in [0.4, 0.5) is 0 Å². The Morgan fingerprint density at radius 2 is 2.21 bits per heavy atom. The summed E-state index contributed by atoms with van der Waals surface area (Å²) in [6.45, 7) is 6.62. The SMILES string of the molecule is CC1=CCC2CC1C(c1ccc(C#N)s1)OC2(C)C. The van der Waals surface area contributed by atoms with Gasteiger partial charge in [-0.1, -0.05) is 11.6 Å². The molecule has 1 aromatic heterocycles. The van der Waals surface area contributed by atoms with E-state index >= 15 is 0 Å². The summed E-state index contributed by atoms with van der Waals surface area (Å²) in [7, 11) is 0. The second-order valence-electron chi connectivity index (χ2n) is 6.18. The van der Waals surface area contributed by atoms with Crippen molar-refractivity contribution in [2.45, 2.75) is 45.3 Å². The van der Waals surface area contributed by atoms with Gasteiger partial charge in [-0.05, 0) is 51.7 Å². The van der Waals surface area contributed by atoms with Crippen LogP contribution >= 0.6 is 11.3 Å². The molecule has 0 spiro atoms. The Kier molecular flexibility index (Phi) is 3.03. The van der Waals surface area contributed by atoms with E-state index in [0.29, 0.717) is 11.8 Å². The van der Waals surface area contributed by atoms with Crippen LogP contribution in [0.3, 0.4) is 0 Å². The van der Waals surface area contributed by atoms with Gasteiger partial charge in [0.1, 0.15) is 10.9 Å². The Balaban J connectivity index is 1.98. The van der Waals surface area contributed by atoms with Gasteiger partial charge in [0.2, 0.25) is 0 Å². The van der Waals surface area contributed by atoms with E-state index < -0.39 is 0 Å². The average Bonchev–Trinajstić information content (AvgIpc) is 2.85. The van der Waals surface area contributed by atoms with Crippen LogP contribution in [0.5, 0.6) is 0 Å². The highest BCUT2D eigenvalue weighted by Crippen LogP contribution is 2.51. The van der Waals surface area contributed by atoms with Crippen LogP contribution in [-0.2, 0) is 4.74 Å². The lowest BCUT2D eigenvalue weighted by atomic mass is 9.69. The maximum Gasteiger partial charge on any atom is 0.110 e. The minimum absolute atomic E-state index is 0.0742. The van der Waals surface area contributed by atoms with Gasteiger partial charge in [-0.2, -0.15) is 5.26 Å². The largest absolute Gasteiger partial charge is 0.366 e. The van der Waals surface area contributed by atoms with Gasteiger partial charge in [-0.25, -0.2) is 0 Å². The second-order valence-corrected chi connectivity index (χ2v) is 7.29. The van der Waals surface area contributed by atoms with E-state index in [4.69, 9.17) is 10.00 Å². The molecule has 2 nitrogen and oxygen atoms in total. The summed E-state index contributed by atoms with van der Waals surface area (Å²) >= 11 is 1.57. The molecule has 1 saturated heterocycles. The third-order valence-corrected chi connectivity index (χ3v) is 5.70. The molecule has 100 valence electrons. The van der Waals surface area contributed by atoms with Crippen LogP contribution in [0.15, 0.2) is 23.8 Å². The average molecular weight is 273 g/mol. The zero-order valence-electron chi connectivity index (χ0n) is 11.6. The number of hydrogen-bond acceptors (Lipinski definition) is 3. The molecule has 19 heavy (non-hydrogen) atoms. The van der Waals surface area contributed by atoms with Gasteiger partial charge in [0, 0.05) is 10.8 Å². The second kappa shape index (κ2) is 4.47. The normalized spacial score (nSPS) is 32.5. The molecule has 3 heteroatoms. The fourth-order valence-electron chi connectivity index (χ4n) is 3.33. The highest BCUT2D eigenvalue weighted by molar-refractivity contribution is 7.12. The maximum atomic E-state index is 8.99. The standard InChI is InChI=1S/C16H19NOS/c1-10-4-5-11-8-13(10)15(18-16(11,2)3)14-7-6-12(9-17)19-14/h4,6-7,11,13,15H,5,8H2,1-3H3. The van der Waals surface area contributed by atoms with E-state index in [2.05, 4.69) is 39.0 Å². The molecule has 3 unspecified atom stereocenters. The molecule has 1 aromatic rings. The quantitative estimate of drug-likeness (QED) is 0.709. The van der Waals surface area contributed by atoms with Gasteiger partial charge in [0.25, 0.3) is 0 Å². The molecule has 1 aliphatic heterocycles. The summed E-state index contributed by atoms with van der Waals surface area (Å²) in [5, 5.41) is 8.99. The van der Waals surface area contributed by atoms with Crippen molar-refractivity contribution in [3.8, 4) is 6.07 Å². The molecule has 0 N–H and O–H groups in total. The summed E-state index contributed by atoms with van der Waals surface area (Å²) in [6, 6.07) is 6.19. The lowest BCUT2D eigenvalue weighted by molar-refractivity contribution is -0.165. The molecule has 3 rings (SSSR count). The topological polar surface area (TPSA) is 33.0 Å². The molecule has 0 saturated carbocycles. The molecule has 0 aromatic carbocycles. The van der Waals surface area contributed by atoms with Gasteiger partial charge in [0.15, 0.2) is 0 Å². The molecule has 1 fully saturated rings. The molecule has 0 radical (unpaired) electrons. The first-order valence-electron chi connectivity index (χ1n) is 6.85. The van der Waals surface area contributed by atoms with E-state index in [1.54, 1.807) is 11.3 Å². The zero-order chi connectivity index (χ0) is 13.6. The van der Waals surface area contributed by atoms with Crippen LogP contribution in [0.2, 0.25) is 0 Å². The minimum Gasteiger partial charge on any atom is -0.366 e. The summed E-state index contributed by atoms with van der Waals surface area (Å²) in [5.74, 6) is 1.10. The van der Waals surface area contributed by atoms with Gasteiger partial charge >= 0.3 is 0 Å². The lowest BCUT2D eigenvalue weighted by Gasteiger charge is -2.49. The van der Waals surface area contributed by atoms with Crippen LogP contribution in [0.1, 0.15) is 49.5 Å². The Morgan fingerprint density at radius 3 is 2.89 bits per heavy atom. The number of allylic oxidation sites excluding steroid dienone is 1. The van der Waals surface area contributed by atoms with Gasteiger partial charge in [-0.15, -0.1) is 11.3 Å². The predicted octanol–water partition coefficient (Wildman–Crippen LogP) is 4.44. The van der Waals surface area contributed by atoms with Crippen molar-refractivity contribution in [2.75, 3.05) is 0 Å². The molecular formula is C16H19NOS. The third-order valence-electron chi connectivity index (χ3n) is 4.64. The van der Waals surface area contributed by atoms with E-state index in [-0.39, 0.29) is 11.7 Å². The van der Waals surface area contributed by atoms with Gasteiger partial charge in [-0.3, -0.25) is 0 Å². The van der Waals surface area contributed by atoms with E-state index in [0.717, 1.165) is 11.3 Å². The molecule has 0 amide bonds. The molecule has 1 aliphatic carbocycles. The maximum absolute atomic E-state index is 8.99. The first kappa shape index (κ1) is 12.9. The van der Waals surface area contributed by atoms with Crippen LogP contribution in [0.25, 0.3) is 0 Å². The zero-order valence-corrected chi connectivity index (χ0v) is 12.5. The van der Waals surface area contributed by atoms with Gasteiger partial charge < -0.3 is 4.74 Å². The number of rotatable bonds is 1. The van der Waals surface area contributed by atoms with Crippen LogP contribution in [0, 0.1) is 23.2 Å². The lowest BCUT2D eigenvalue weighted by Crippen LogP contribution is -2.45. The van der Waals surface area contributed by atoms with Gasteiger partial charge in [0.05, 0.1) is 11.7 Å². The van der Waals surface area contributed by atoms with Crippen LogP contribution in [-0.4, -0.2) is 5.60 Å². The number of nitrogens with zero attached hydrogens (tertiary/aromatic N) is 1. The van der Waals surface area contributed by atoms with Crippen molar-refractivity contribution >= 4 is 11.3 Å². The highest BCUT2D eigenvalue weighted by atomic mass is 32.1. The molecule has 2 bridgehead atoms. The fourth-order valence-corrected chi connectivity index (χ4v) is 4.23. The number of fused-ring (bicyclic) bond motifs is 2. The summed E-state index contributed by atoms with van der Waals surface area (Å²) in [5.41, 5.74) is 1.37. The monoisotopic (exact) mass is 273 g/mol. The Morgan fingerprint density at radius 1 is 1.42 bits per heavy atom. The first-order valence-corrected chi connectivity index (χ1v) is 7.67. The van der Waals surface area contributed by atoms with Crippen molar-refractivity contribution in [3.63, 3.8) is 0 Å². The molecule has 2 heterocycles. The predicted molar refractivity (Wildman–Crippen MR) is 76.9 cm³/mol. The smallest absolute Gasteiger partial charge is 0.110 e. The van der Waals surface area contributed by atoms with E-state index in [1.807, 2.05) is 6.07 Å². The molecule has 2 aliphatic rings.